The molecule has 0 saturated carbocycles. The molecule has 1 aromatic carbocycles. The van der Waals surface area contributed by atoms with E-state index in [1.165, 1.54) is 0 Å². The number of rotatable bonds is 1. The van der Waals surface area contributed by atoms with E-state index in [9.17, 15) is 18.0 Å². The number of benzene rings is 1. The van der Waals surface area contributed by atoms with Gasteiger partial charge < -0.3 is 15.5 Å². The first-order valence-corrected chi connectivity index (χ1v) is 4.77. The number of carbonyl (C=O) groups excluding carboxylic acids is 1. The van der Waals surface area contributed by atoms with Crippen molar-refractivity contribution >= 4 is 23.0 Å². The molecule has 0 aliphatic rings. The fraction of sp³-hybridized carbons (Fsp3) is 0.200. The highest BCUT2D eigenvalue weighted by atomic mass is 19.4. The largest absolute Gasteiger partial charge is 0.465 e. The van der Waals surface area contributed by atoms with Gasteiger partial charge in [-0.2, -0.15) is 13.2 Å². The van der Waals surface area contributed by atoms with Gasteiger partial charge in [0.15, 0.2) is 5.95 Å². The molecule has 0 aliphatic heterocycles. The number of nitrogens with two attached hydrogens (primary N) is 1. The second-order valence-corrected chi connectivity index (χ2v) is 3.53. The van der Waals surface area contributed by atoms with Crippen molar-refractivity contribution in [3.63, 3.8) is 0 Å². The van der Waals surface area contributed by atoms with E-state index in [1.54, 1.807) is 0 Å². The van der Waals surface area contributed by atoms with Gasteiger partial charge in [0, 0.05) is 0 Å². The molecular formula is C10H8F3N3O2. The first kappa shape index (κ1) is 12.2. The van der Waals surface area contributed by atoms with Crippen LogP contribution in [0.3, 0.4) is 0 Å². The van der Waals surface area contributed by atoms with Gasteiger partial charge in [0.25, 0.3) is 0 Å². The number of anilines is 1. The molecule has 2 aromatic rings. The van der Waals surface area contributed by atoms with Gasteiger partial charge >= 0.3 is 12.1 Å². The van der Waals surface area contributed by atoms with Gasteiger partial charge in [0.05, 0.1) is 23.8 Å². The van der Waals surface area contributed by atoms with E-state index in [4.69, 9.17) is 5.73 Å². The summed E-state index contributed by atoms with van der Waals surface area (Å²) in [6.07, 6.45) is -4.57. The van der Waals surface area contributed by atoms with E-state index in [0.29, 0.717) is 6.07 Å². The van der Waals surface area contributed by atoms with Gasteiger partial charge in [-0.3, -0.25) is 0 Å². The minimum Gasteiger partial charge on any atom is -0.465 e. The highest BCUT2D eigenvalue weighted by molar-refractivity contribution is 6.02. The molecule has 5 nitrogen and oxygen atoms in total. The Morgan fingerprint density at radius 3 is 2.67 bits per heavy atom. The maximum atomic E-state index is 12.7. The Kier molecular flexibility index (Phi) is 2.64. The molecular weight excluding hydrogens is 251 g/mol. The summed E-state index contributed by atoms with van der Waals surface area (Å²) >= 11 is 0. The van der Waals surface area contributed by atoms with E-state index in [2.05, 4.69) is 14.7 Å². The molecule has 0 aliphatic carbocycles. The summed E-state index contributed by atoms with van der Waals surface area (Å²) in [7, 11) is 1.07. The predicted molar refractivity (Wildman–Crippen MR) is 56.8 cm³/mol. The molecule has 18 heavy (non-hydrogen) atoms. The molecule has 0 fully saturated rings. The summed E-state index contributed by atoms with van der Waals surface area (Å²) in [6.45, 7) is 0. The van der Waals surface area contributed by atoms with Crippen LogP contribution < -0.4 is 5.73 Å². The van der Waals surface area contributed by atoms with Crippen molar-refractivity contribution in [3.05, 3.63) is 23.3 Å². The first-order chi connectivity index (χ1) is 8.32. The lowest BCUT2D eigenvalue weighted by Gasteiger charge is -2.08. The first-order valence-electron chi connectivity index (χ1n) is 4.77. The number of halogens is 3. The lowest BCUT2D eigenvalue weighted by Crippen LogP contribution is -2.09. The number of alkyl halides is 3. The molecule has 0 saturated heterocycles. The Labute approximate surface area is 98.7 Å². The summed E-state index contributed by atoms with van der Waals surface area (Å²) < 4.78 is 42.4. The Hall–Kier alpha value is -2.25. The van der Waals surface area contributed by atoms with Crippen molar-refractivity contribution in [2.75, 3.05) is 12.8 Å². The molecule has 1 heterocycles. The second-order valence-electron chi connectivity index (χ2n) is 3.53. The van der Waals surface area contributed by atoms with Crippen LogP contribution in [0.1, 0.15) is 15.9 Å². The number of aromatic amines is 1. The number of esters is 1. The zero-order chi connectivity index (χ0) is 13.5. The normalized spacial score (nSPS) is 11.8. The zero-order valence-corrected chi connectivity index (χ0v) is 9.13. The number of ether oxygens (including phenoxy) is 1. The van der Waals surface area contributed by atoms with Crippen LogP contribution in [0, 0.1) is 0 Å². The van der Waals surface area contributed by atoms with E-state index in [-0.39, 0.29) is 22.5 Å². The van der Waals surface area contributed by atoms with Crippen LogP contribution in [0.2, 0.25) is 0 Å². The molecule has 0 spiro atoms. The molecule has 0 bridgehead atoms. The number of hydrogen-bond acceptors (Lipinski definition) is 4. The van der Waals surface area contributed by atoms with Crippen LogP contribution in [0.5, 0.6) is 0 Å². The maximum Gasteiger partial charge on any atom is 0.416 e. The van der Waals surface area contributed by atoms with Crippen LogP contribution in [-0.4, -0.2) is 23.0 Å². The molecule has 1 aromatic heterocycles. The van der Waals surface area contributed by atoms with Crippen LogP contribution in [0.4, 0.5) is 19.1 Å². The number of nitrogens with one attached hydrogen (secondary N) is 1. The highest BCUT2D eigenvalue weighted by Crippen LogP contribution is 2.33. The number of methoxy groups -OCH3 is 1. The standard InChI is InChI=1S/C10H8F3N3O2/c1-18-8(17)5-2-4(10(11,12)13)3-6-7(5)16-9(14)15-6/h2-3H,1H3,(H3,14,15,16). The van der Waals surface area contributed by atoms with Crippen LogP contribution >= 0.6 is 0 Å². The predicted octanol–water partition coefficient (Wildman–Crippen LogP) is 1.95. The summed E-state index contributed by atoms with van der Waals surface area (Å²) in [5, 5.41) is 0. The molecule has 0 radical (unpaired) electrons. The number of nitrogens with zero attached hydrogens (tertiary/aromatic N) is 1. The number of fused-ring (bicyclic) bond motifs is 1. The summed E-state index contributed by atoms with van der Waals surface area (Å²) in [4.78, 5) is 17.6. The molecule has 0 atom stereocenters. The maximum absolute atomic E-state index is 12.7. The smallest absolute Gasteiger partial charge is 0.416 e. The average molecular weight is 259 g/mol. The number of aromatic nitrogens is 2. The van der Waals surface area contributed by atoms with E-state index >= 15 is 0 Å². The average Bonchev–Trinajstić information content (AvgIpc) is 2.65. The van der Waals surface area contributed by atoms with Crippen molar-refractivity contribution in [1.29, 1.82) is 0 Å². The van der Waals surface area contributed by atoms with Crippen LogP contribution in [0.15, 0.2) is 12.1 Å². The number of hydrogen-bond donors (Lipinski definition) is 2. The summed E-state index contributed by atoms with van der Waals surface area (Å²) in [5.41, 5.74) is 4.18. The minimum absolute atomic E-state index is 0.0303. The van der Waals surface area contributed by atoms with Gasteiger partial charge in [-0.15, -0.1) is 0 Å². The summed E-state index contributed by atoms with van der Waals surface area (Å²) in [6, 6.07) is 1.53. The third-order valence-electron chi connectivity index (χ3n) is 2.34. The van der Waals surface area contributed by atoms with Crippen molar-refractivity contribution in [3.8, 4) is 0 Å². The minimum atomic E-state index is -4.57. The number of H-pyrrole nitrogens is 1. The number of imidazole rings is 1. The fourth-order valence-corrected chi connectivity index (χ4v) is 1.57. The van der Waals surface area contributed by atoms with Crippen molar-refractivity contribution < 1.29 is 22.7 Å². The van der Waals surface area contributed by atoms with Gasteiger partial charge in [0.1, 0.15) is 5.52 Å². The molecule has 2 rings (SSSR count). The third-order valence-corrected chi connectivity index (χ3v) is 2.34. The Morgan fingerprint density at radius 2 is 2.11 bits per heavy atom. The summed E-state index contributed by atoms with van der Waals surface area (Å²) in [5.74, 6) is -0.980. The highest BCUT2D eigenvalue weighted by Gasteiger charge is 2.33. The molecule has 3 N–H and O–H groups in total. The van der Waals surface area contributed by atoms with Crippen LogP contribution in [-0.2, 0) is 10.9 Å². The van der Waals surface area contributed by atoms with Crippen LogP contribution in [0.25, 0.3) is 11.0 Å². The zero-order valence-electron chi connectivity index (χ0n) is 9.13. The lowest BCUT2D eigenvalue weighted by atomic mass is 10.1. The molecule has 96 valence electrons. The van der Waals surface area contributed by atoms with Gasteiger partial charge in [-0.1, -0.05) is 0 Å². The molecule has 8 heteroatoms. The van der Waals surface area contributed by atoms with Gasteiger partial charge in [-0.05, 0) is 12.1 Å². The quantitative estimate of drug-likeness (QED) is 0.767. The molecule has 0 amide bonds. The van der Waals surface area contributed by atoms with Crippen molar-refractivity contribution in [2.24, 2.45) is 0 Å². The fourth-order valence-electron chi connectivity index (χ4n) is 1.57. The Bertz CT molecular complexity index is 619. The van der Waals surface area contributed by atoms with Crippen molar-refractivity contribution in [1.82, 2.24) is 9.97 Å². The van der Waals surface area contributed by atoms with Gasteiger partial charge in [-0.25, -0.2) is 9.78 Å². The second kappa shape index (κ2) is 3.90. The number of carbonyl (C=O) groups is 1. The Balaban J connectivity index is 2.76. The third kappa shape index (κ3) is 1.96. The number of nitrogen functional groups attached to an aromatic ring is 1. The lowest BCUT2D eigenvalue weighted by molar-refractivity contribution is -0.137. The Morgan fingerprint density at radius 1 is 1.44 bits per heavy atom. The van der Waals surface area contributed by atoms with Gasteiger partial charge in [0.2, 0.25) is 0 Å². The SMILES string of the molecule is COC(=O)c1cc(C(F)(F)F)cc2[nH]c(N)nc12. The topological polar surface area (TPSA) is 81.0 Å². The van der Waals surface area contributed by atoms with E-state index < -0.39 is 17.7 Å². The van der Waals surface area contributed by atoms with Crippen molar-refractivity contribution in [2.45, 2.75) is 6.18 Å². The van der Waals surface area contributed by atoms with E-state index in [0.717, 1.165) is 13.2 Å². The monoisotopic (exact) mass is 259 g/mol. The van der Waals surface area contributed by atoms with E-state index in [1.807, 2.05) is 0 Å². The molecule has 0 unspecified atom stereocenters.